The standard InChI is InChI=1S/C22H27FN4O3/c1-22(2,3)30-21(29)27-13-11-17(12-14-27)24-18-5-4-6-19(25-18)26-20(28)15-7-9-16(23)10-8-15/h4-10,17H,11-14H2,1-3H3,(H2,24,25,26,28). The summed E-state index contributed by atoms with van der Waals surface area (Å²) in [4.78, 5) is 30.6. The third-order valence-corrected chi connectivity index (χ3v) is 4.60. The average Bonchev–Trinajstić information content (AvgIpc) is 2.68. The number of carbonyl (C=O) groups excluding carboxylic acids is 2. The molecule has 0 radical (unpaired) electrons. The second kappa shape index (κ2) is 9.11. The van der Waals surface area contributed by atoms with Crippen LogP contribution in [-0.4, -0.2) is 46.6 Å². The highest BCUT2D eigenvalue weighted by Gasteiger charge is 2.27. The maximum atomic E-state index is 13.0. The highest BCUT2D eigenvalue weighted by molar-refractivity contribution is 6.03. The first kappa shape index (κ1) is 21.5. The Hall–Kier alpha value is -3.16. The van der Waals surface area contributed by atoms with E-state index in [0.717, 1.165) is 12.8 Å². The molecule has 2 heterocycles. The number of anilines is 2. The van der Waals surface area contributed by atoms with Crippen LogP contribution in [-0.2, 0) is 4.74 Å². The Morgan fingerprint density at radius 3 is 2.33 bits per heavy atom. The lowest BCUT2D eigenvalue weighted by atomic mass is 10.1. The second-order valence-electron chi connectivity index (χ2n) is 8.26. The highest BCUT2D eigenvalue weighted by Crippen LogP contribution is 2.19. The number of piperidine rings is 1. The minimum Gasteiger partial charge on any atom is -0.444 e. The molecule has 30 heavy (non-hydrogen) atoms. The number of likely N-dealkylation sites (tertiary alicyclic amines) is 1. The van der Waals surface area contributed by atoms with Gasteiger partial charge >= 0.3 is 6.09 Å². The zero-order valence-electron chi connectivity index (χ0n) is 17.4. The minimum atomic E-state index is -0.505. The SMILES string of the molecule is CC(C)(C)OC(=O)N1CCC(Nc2cccc(NC(=O)c3ccc(F)cc3)n2)CC1. The van der Waals surface area contributed by atoms with Crippen molar-refractivity contribution >= 4 is 23.6 Å². The third kappa shape index (κ3) is 6.17. The molecule has 1 saturated heterocycles. The molecule has 160 valence electrons. The van der Waals surface area contributed by atoms with Gasteiger partial charge in [0.05, 0.1) is 0 Å². The van der Waals surface area contributed by atoms with Gasteiger partial charge in [0, 0.05) is 24.7 Å². The van der Waals surface area contributed by atoms with E-state index in [2.05, 4.69) is 15.6 Å². The van der Waals surface area contributed by atoms with E-state index in [1.165, 1.54) is 24.3 Å². The Balaban J connectivity index is 1.53. The van der Waals surface area contributed by atoms with E-state index in [-0.39, 0.29) is 18.0 Å². The van der Waals surface area contributed by atoms with Crippen molar-refractivity contribution < 1.29 is 18.7 Å². The van der Waals surface area contributed by atoms with Gasteiger partial charge in [-0.15, -0.1) is 0 Å². The van der Waals surface area contributed by atoms with E-state index in [1.807, 2.05) is 26.8 Å². The van der Waals surface area contributed by atoms with Crippen LogP contribution in [0.15, 0.2) is 42.5 Å². The van der Waals surface area contributed by atoms with E-state index in [1.54, 1.807) is 17.0 Å². The van der Waals surface area contributed by atoms with Crippen LogP contribution in [0.1, 0.15) is 44.0 Å². The molecule has 0 unspecified atom stereocenters. The van der Waals surface area contributed by atoms with Crippen LogP contribution >= 0.6 is 0 Å². The van der Waals surface area contributed by atoms with Gasteiger partial charge in [-0.05, 0) is 70.0 Å². The summed E-state index contributed by atoms with van der Waals surface area (Å²) in [5.41, 5.74) is -0.152. The fraction of sp³-hybridized carbons (Fsp3) is 0.409. The molecule has 0 spiro atoms. The molecule has 1 fully saturated rings. The summed E-state index contributed by atoms with van der Waals surface area (Å²) in [5.74, 6) is 0.294. The summed E-state index contributed by atoms with van der Waals surface area (Å²) in [6, 6.07) is 10.8. The molecule has 0 atom stereocenters. The molecule has 0 aliphatic carbocycles. The molecule has 1 aliphatic rings. The smallest absolute Gasteiger partial charge is 0.410 e. The second-order valence-corrected chi connectivity index (χ2v) is 8.26. The quantitative estimate of drug-likeness (QED) is 0.780. The molecule has 1 aromatic heterocycles. The van der Waals surface area contributed by atoms with Crippen LogP contribution in [0.2, 0.25) is 0 Å². The zero-order chi connectivity index (χ0) is 21.7. The molecule has 2 aromatic rings. The summed E-state index contributed by atoms with van der Waals surface area (Å²) in [5, 5.41) is 6.08. The van der Waals surface area contributed by atoms with Crippen LogP contribution < -0.4 is 10.6 Å². The fourth-order valence-corrected chi connectivity index (χ4v) is 3.12. The zero-order valence-corrected chi connectivity index (χ0v) is 17.4. The van der Waals surface area contributed by atoms with Gasteiger partial charge in [-0.25, -0.2) is 14.2 Å². The van der Waals surface area contributed by atoms with Crippen molar-refractivity contribution in [1.29, 1.82) is 0 Å². The lowest BCUT2D eigenvalue weighted by Crippen LogP contribution is -2.44. The molecule has 2 N–H and O–H groups in total. The van der Waals surface area contributed by atoms with Crippen LogP contribution in [0.25, 0.3) is 0 Å². The van der Waals surface area contributed by atoms with Crippen LogP contribution in [0.5, 0.6) is 0 Å². The van der Waals surface area contributed by atoms with Gasteiger partial charge in [0.1, 0.15) is 23.1 Å². The summed E-state index contributed by atoms with van der Waals surface area (Å²) < 4.78 is 18.4. The van der Waals surface area contributed by atoms with Crippen LogP contribution in [0.3, 0.4) is 0 Å². The fourth-order valence-electron chi connectivity index (χ4n) is 3.12. The van der Waals surface area contributed by atoms with Crippen molar-refractivity contribution in [2.24, 2.45) is 0 Å². The number of rotatable bonds is 4. The number of hydrogen-bond donors (Lipinski definition) is 2. The number of pyridine rings is 1. The predicted octanol–water partition coefficient (Wildman–Crippen LogP) is 4.28. The number of amides is 2. The van der Waals surface area contributed by atoms with Gasteiger partial charge < -0.3 is 20.3 Å². The number of aromatic nitrogens is 1. The van der Waals surface area contributed by atoms with Crippen LogP contribution in [0, 0.1) is 5.82 Å². The molecule has 1 aliphatic heterocycles. The Bertz CT molecular complexity index is 888. The lowest BCUT2D eigenvalue weighted by Gasteiger charge is -2.33. The Kier molecular flexibility index (Phi) is 6.54. The van der Waals surface area contributed by atoms with Gasteiger partial charge in [-0.1, -0.05) is 6.07 Å². The molecule has 0 bridgehead atoms. The Morgan fingerprint density at radius 1 is 1.07 bits per heavy atom. The van der Waals surface area contributed by atoms with Crippen molar-refractivity contribution in [3.8, 4) is 0 Å². The molecule has 7 nitrogen and oxygen atoms in total. The molecule has 1 aromatic carbocycles. The maximum Gasteiger partial charge on any atom is 0.410 e. The largest absolute Gasteiger partial charge is 0.444 e. The summed E-state index contributed by atoms with van der Waals surface area (Å²) in [6.45, 7) is 6.77. The van der Waals surface area contributed by atoms with Crippen LogP contribution in [0.4, 0.5) is 20.8 Å². The molecule has 3 rings (SSSR count). The number of nitrogens with one attached hydrogen (secondary N) is 2. The van der Waals surface area contributed by atoms with E-state index < -0.39 is 11.4 Å². The normalized spacial score (nSPS) is 14.9. The van der Waals surface area contributed by atoms with Crippen molar-refractivity contribution in [3.63, 3.8) is 0 Å². The van der Waals surface area contributed by atoms with E-state index >= 15 is 0 Å². The molecule has 2 amide bonds. The minimum absolute atomic E-state index is 0.166. The number of benzene rings is 1. The van der Waals surface area contributed by atoms with Gasteiger partial charge in [0.15, 0.2) is 0 Å². The van der Waals surface area contributed by atoms with Gasteiger partial charge in [0.25, 0.3) is 5.91 Å². The molecule has 8 heteroatoms. The summed E-state index contributed by atoms with van der Waals surface area (Å²) in [6.07, 6.45) is 1.25. The summed E-state index contributed by atoms with van der Waals surface area (Å²) >= 11 is 0. The third-order valence-electron chi connectivity index (χ3n) is 4.60. The maximum absolute atomic E-state index is 13.0. The summed E-state index contributed by atoms with van der Waals surface area (Å²) in [7, 11) is 0. The highest BCUT2D eigenvalue weighted by atomic mass is 19.1. The van der Waals surface area contributed by atoms with E-state index in [4.69, 9.17) is 4.74 Å². The first-order valence-electron chi connectivity index (χ1n) is 9.98. The van der Waals surface area contributed by atoms with Crippen molar-refractivity contribution in [2.45, 2.75) is 45.3 Å². The van der Waals surface area contributed by atoms with Crippen molar-refractivity contribution in [3.05, 3.63) is 53.8 Å². The van der Waals surface area contributed by atoms with Gasteiger partial charge in [-0.3, -0.25) is 4.79 Å². The topological polar surface area (TPSA) is 83.6 Å². The van der Waals surface area contributed by atoms with Gasteiger partial charge in [0.2, 0.25) is 0 Å². The number of nitrogens with zero attached hydrogens (tertiary/aromatic N) is 2. The predicted molar refractivity (Wildman–Crippen MR) is 113 cm³/mol. The monoisotopic (exact) mass is 414 g/mol. The lowest BCUT2D eigenvalue weighted by molar-refractivity contribution is 0.0210. The molecular formula is C22H27FN4O3. The first-order chi connectivity index (χ1) is 14.2. The van der Waals surface area contributed by atoms with Gasteiger partial charge in [-0.2, -0.15) is 0 Å². The Morgan fingerprint density at radius 2 is 1.70 bits per heavy atom. The average molecular weight is 414 g/mol. The molecular weight excluding hydrogens is 387 g/mol. The number of carbonyl (C=O) groups is 2. The van der Waals surface area contributed by atoms with Crippen molar-refractivity contribution in [1.82, 2.24) is 9.88 Å². The van der Waals surface area contributed by atoms with Crippen molar-refractivity contribution in [2.75, 3.05) is 23.7 Å². The Labute approximate surface area is 175 Å². The number of hydrogen-bond acceptors (Lipinski definition) is 5. The van der Waals surface area contributed by atoms with E-state index in [0.29, 0.717) is 30.3 Å². The molecule has 0 saturated carbocycles. The number of halogens is 1. The van der Waals surface area contributed by atoms with E-state index in [9.17, 15) is 14.0 Å². The first-order valence-corrected chi connectivity index (χ1v) is 9.98. The number of ether oxygens (including phenoxy) is 1.